The summed E-state index contributed by atoms with van der Waals surface area (Å²) in [6, 6.07) is 23.7. The summed E-state index contributed by atoms with van der Waals surface area (Å²) in [5.41, 5.74) is 8.02. The van der Waals surface area contributed by atoms with E-state index in [0.29, 0.717) is 34.5 Å². The maximum absolute atomic E-state index is 13.4. The largest absolute Gasteiger partial charge is 0.384 e. The highest BCUT2D eigenvalue weighted by Crippen LogP contribution is 2.34. The number of unbranched alkanes of at least 4 members (excludes halogenated alkanes) is 4. The average molecular weight is 655 g/mol. The van der Waals surface area contributed by atoms with Gasteiger partial charge in [-0.15, -0.1) is 0 Å². The monoisotopic (exact) mass is 653 g/mol. The summed E-state index contributed by atoms with van der Waals surface area (Å²) >= 11 is 12.8. The van der Waals surface area contributed by atoms with Crippen molar-refractivity contribution in [3.8, 4) is 17.1 Å². The maximum atomic E-state index is 13.4. The second kappa shape index (κ2) is 15.1. The van der Waals surface area contributed by atoms with Crippen LogP contribution in [0.2, 0.25) is 10.0 Å². The third-order valence-corrected chi connectivity index (χ3v) is 9.41. The topological polar surface area (TPSA) is 71.8 Å². The van der Waals surface area contributed by atoms with E-state index in [-0.39, 0.29) is 5.91 Å². The smallest absolute Gasteiger partial charge is 0.271 e. The summed E-state index contributed by atoms with van der Waals surface area (Å²) in [6.45, 7) is 3.61. The molecule has 46 heavy (non-hydrogen) atoms. The molecule has 0 aliphatic heterocycles. The summed E-state index contributed by atoms with van der Waals surface area (Å²) in [4.78, 5) is 23.3. The number of aromatic nitrogens is 3. The maximum Gasteiger partial charge on any atom is 0.271 e. The van der Waals surface area contributed by atoms with Crippen LogP contribution in [0.25, 0.3) is 28.0 Å². The SMILES string of the molecule is CCc1c(C(=O)NCCCCCCCNc2c3c(nc4ccccc24)CCCC3)nc(-c2ccccc2Cl)n1-c1ccc(Cl)cc1. The van der Waals surface area contributed by atoms with Crippen LogP contribution in [-0.2, 0) is 19.3 Å². The van der Waals surface area contributed by atoms with Crippen LogP contribution in [0, 0.1) is 0 Å². The third-order valence-electron chi connectivity index (χ3n) is 8.83. The van der Waals surface area contributed by atoms with Gasteiger partial charge in [0.05, 0.1) is 16.2 Å². The Bertz CT molecular complexity index is 1810. The molecule has 0 bridgehead atoms. The van der Waals surface area contributed by atoms with Crippen LogP contribution in [0.4, 0.5) is 5.69 Å². The number of nitrogens with zero attached hydrogens (tertiary/aromatic N) is 3. The zero-order valence-electron chi connectivity index (χ0n) is 26.4. The summed E-state index contributed by atoms with van der Waals surface area (Å²) in [6.07, 6.45) is 10.7. The molecule has 0 atom stereocenters. The van der Waals surface area contributed by atoms with Crippen LogP contribution in [0.5, 0.6) is 0 Å². The Morgan fingerprint density at radius 2 is 1.54 bits per heavy atom. The summed E-state index contributed by atoms with van der Waals surface area (Å²) in [7, 11) is 0. The molecule has 2 heterocycles. The molecule has 0 spiro atoms. The van der Waals surface area contributed by atoms with Crippen molar-refractivity contribution < 1.29 is 4.79 Å². The van der Waals surface area contributed by atoms with E-state index in [1.807, 2.05) is 60.0 Å². The van der Waals surface area contributed by atoms with Gasteiger partial charge in [-0.05, 0) is 93.0 Å². The van der Waals surface area contributed by atoms with Gasteiger partial charge in [-0.25, -0.2) is 4.98 Å². The fraction of sp³-hybridized carbons (Fsp3) is 0.342. The second-order valence-electron chi connectivity index (χ2n) is 12.0. The van der Waals surface area contributed by atoms with E-state index >= 15 is 0 Å². The summed E-state index contributed by atoms with van der Waals surface area (Å²) < 4.78 is 2.02. The van der Waals surface area contributed by atoms with Gasteiger partial charge >= 0.3 is 0 Å². The van der Waals surface area contributed by atoms with Crippen molar-refractivity contribution in [2.24, 2.45) is 0 Å². The Balaban J connectivity index is 1.02. The van der Waals surface area contributed by atoms with Crippen LogP contribution >= 0.6 is 23.2 Å². The van der Waals surface area contributed by atoms with Crippen molar-refractivity contribution in [2.75, 3.05) is 18.4 Å². The first-order valence-electron chi connectivity index (χ1n) is 16.6. The number of imidazole rings is 1. The van der Waals surface area contributed by atoms with E-state index in [0.717, 1.165) is 74.0 Å². The number of rotatable bonds is 13. The highest BCUT2D eigenvalue weighted by molar-refractivity contribution is 6.33. The normalized spacial score (nSPS) is 12.7. The van der Waals surface area contributed by atoms with E-state index in [9.17, 15) is 4.79 Å². The molecule has 0 unspecified atom stereocenters. The number of fused-ring (bicyclic) bond motifs is 2. The lowest BCUT2D eigenvalue weighted by Gasteiger charge is -2.21. The van der Waals surface area contributed by atoms with Crippen LogP contribution in [0.3, 0.4) is 0 Å². The minimum absolute atomic E-state index is 0.157. The molecule has 1 amide bonds. The molecule has 2 aromatic heterocycles. The van der Waals surface area contributed by atoms with Gasteiger partial charge in [-0.3, -0.25) is 14.3 Å². The van der Waals surface area contributed by atoms with Gasteiger partial charge in [-0.2, -0.15) is 0 Å². The first-order chi connectivity index (χ1) is 22.5. The molecule has 238 valence electrons. The minimum atomic E-state index is -0.157. The van der Waals surface area contributed by atoms with Crippen molar-refractivity contribution in [2.45, 2.75) is 71.1 Å². The predicted octanol–water partition coefficient (Wildman–Crippen LogP) is 9.63. The molecule has 6 rings (SSSR count). The van der Waals surface area contributed by atoms with Gasteiger partial charge < -0.3 is 10.6 Å². The molecular formula is C38H41Cl2N5O. The second-order valence-corrected chi connectivity index (χ2v) is 12.8. The highest BCUT2D eigenvalue weighted by Gasteiger charge is 2.24. The van der Waals surface area contributed by atoms with Crippen LogP contribution in [0.1, 0.15) is 79.3 Å². The van der Waals surface area contributed by atoms with Crippen LogP contribution in [0.15, 0.2) is 72.8 Å². The number of para-hydroxylation sites is 1. The third kappa shape index (κ3) is 7.08. The summed E-state index contributed by atoms with van der Waals surface area (Å²) in [5.74, 6) is 0.485. The molecule has 0 saturated heterocycles. The Morgan fingerprint density at radius 3 is 2.35 bits per heavy atom. The summed E-state index contributed by atoms with van der Waals surface area (Å²) in [5, 5.41) is 9.37. The van der Waals surface area contributed by atoms with Crippen molar-refractivity contribution in [1.29, 1.82) is 0 Å². The molecule has 0 fully saturated rings. The van der Waals surface area contributed by atoms with Gasteiger partial charge in [-0.1, -0.05) is 79.7 Å². The number of amides is 1. The Labute approximate surface area is 281 Å². The van der Waals surface area contributed by atoms with Crippen molar-refractivity contribution in [3.05, 3.63) is 105 Å². The zero-order valence-corrected chi connectivity index (χ0v) is 27.9. The molecule has 2 N–H and O–H groups in total. The van der Waals surface area contributed by atoms with E-state index in [1.54, 1.807) is 0 Å². The molecule has 0 radical (unpaired) electrons. The zero-order chi connectivity index (χ0) is 31.9. The van der Waals surface area contributed by atoms with Crippen molar-refractivity contribution in [1.82, 2.24) is 19.9 Å². The Kier molecular flexibility index (Phi) is 10.6. The molecular weight excluding hydrogens is 613 g/mol. The molecule has 3 aromatic carbocycles. The van der Waals surface area contributed by atoms with E-state index in [2.05, 4.69) is 34.9 Å². The fourth-order valence-electron chi connectivity index (χ4n) is 6.51. The van der Waals surface area contributed by atoms with E-state index in [1.165, 1.54) is 35.2 Å². The van der Waals surface area contributed by atoms with Crippen molar-refractivity contribution in [3.63, 3.8) is 0 Å². The first-order valence-corrected chi connectivity index (χ1v) is 17.4. The van der Waals surface area contributed by atoms with Gasteiger partial charge in [0.2, 0.25) is 0 Å². The molecule has 0 saturated carbocycles. The van der Waals surface area contributed by atoms with E-state index in [4.69, 9.17) is 33.2 Å². The number of halogens is 2. The molecule has 1 aliphatic rings. The van der Waals surface area contributed by atoms with Crippen LogP contribution in [-0.4, -0.2) is 33.5 Å². The first kappa shape index (κ1) is 32.1. The number of benzene rings is 3. The number of nitrogens with one attached hydrogen (secondary N) is 2. The van der Waals surface area contributed by atoms with Gasteiger partial charge in [0.25, 0.3) is 5.91 Å². The van der Waals surface area contributed by atoms with Gasteiger partial charge in [0.1, 0.15) is 11.5 Å². The minimum Gasteiger partial charge on any atom is -0.384 e. The lowest BCUT2D eigenvalue weighted by molar-refractivity contribution is 0.0947. The molecule has 1 aliphatic carbocycles. The number of hydrogen-bond acceptors (Lipinski definition) is 4. The number of anilines is 1. The quantitative estimate of drug-likeness (QED) is 0.124. The fourth-order valence-corrected chi connectivity index (χ4v) is 6.85. The van der Waals surface area contributed by atoms with Gasteiger partial charge in [0.15, 0.2) is 0 Å². The lowest BCUT2D eigenvalue weighted by atomic mass is 9.92. The number of pyridine rings is 1. The highest BCUT2D eigenvalue weighted by atomic mass is 35.5. The number of aryl methyl sites for hydroxylation is 1. The predicted molar refractivity (Wildman–Crippen MR) is 191 cm³/mol. The van der Waals surface area contributed by atoms with Crippen LogP contribution < -0.4 is 10.6 Å². The van der Waals surface area contributed by atoms with E-state index < -0.39 is 0 Å². The standard InChI is InChI=1S/C38H41Cl2N5O/c1-2-34-36(44-37(28-14-6-9-17-31(28)40)45(34)27-22-20-26(39)21-23-27)38(46)42-25-13-5-3-4-12-24-41-35-29-15-7-10-18-32(29)43-33-19-11-8-16-30(33)35/h6-7,9-10,14-15,17-18,20-23H,2-5,8,11-13,16,19,24-25H2,1H3,(H,41,43)(H,42,46). The number of carbonyl (C=O) groups excluding carboxylic acids is 1. The Morgan fingerprint density at radius 1 is 0.826 bits per heavy atom. The molecule has 6 nitrogen and oxygen atoms in total. The van der Waals surface area contributed by atoms with Gasteiger partial charge in [0, 0.05) is 46.1 Å². The average Bonchev–Trinajstić information content (AvgIpc) is 3.47. The molecule has 5 aromatic rings. The number of carbonyl (C=O) groups is 1. The number of hydrogen-bond donors (Lipinski definition) is 2. The van der Waals surface area contributed by atoms with Crippen molar-refractivity contribution >= 4 is 45.7 Å². The lowest BCUT2D eigenvalue weighted by Crippen LogP contribution is -2.26. The Hall–Kier alpha value is -3.87. The molecule has 8 heteroatoms.